The number of aromatic nitrogens is 1. The van der Waals surface area contributed by atoms with Crippen molar-refractivity contribution >= 4 is 6.09 Å². The number of alkyl carbamates (subject to hydrolysis) is 1. The molecule has 0 saturated carbocycles. The van der Waals surface area contributed by atoms with Gasteiger partial charge in [0.2, 0.25) is 5.60 Å². The molecule has 12 heteroatoms. The fourth-order valence-corrected chi connectivity index (χ4v) is 2.87. The smallest absolute Gasteiger partial charge is 0.424 e. The third kappa shape index (κ3) is 5.98. The molecule has 1 aromatic carbocycles. The number of nitrogens with one attached hydrogen (secondary N) is 1. The first-order chi connectivity index (χ1) is 15.3. The molecule has 0 bridgehead atoms. The number of hydrogen-bond acceptors (Lipinski definition) is 5. The van der Waals surface area contributed by atoms with Crippen LogP contribution in [0.15, 0.2) is 24.3 Å². The van der Waals surface area contributed by atoms with Gasteiger partial charge in [-0.25, -0.2) is 22.9 Å². The normalized spacial score (nSPS) is 14.5. The molecule has 2 rings (SSSR count). The molecular formula is C22H24F6N2O4. The van der Waals surface area contributed by atoms with Crippen LogP contribution in [-0.2, 0) is 15.9 Å². The Kier molecular flexibility index (Phi) is 7.30. The Morgan fingerprint density at radius 2 is 1.59 bits per heavy atom. The summed E-state index contributed by atoms with van der Waals surface area (Å²) in [7, 11) is 0. The third-order valence-electron chi connectivity index (χ3n) is 4.59. The minimum absolute atomic E-state index is 0.451. The van der Waals surface area contributed by atoms with E-state index in [0.29, 0.717) is 18.2 Å². The number of pyridine rings is 1. The molecule has 1 atom stereocenters. The van der Waals surface area contributed by atoms with Gasteiger partial charge in [0, 0.05) is 11.1 Å². The zero-order chi connectivity index (χ0) is 26.3. The summed E-state index contributed by atoms with van der Waals surface area (Å²) in [6, 6.07) is 2.48. The van der Waals surface area contributed by atoms with E-state index >= 15 is 4.39 Å². The van der Waals surface area contributed by atoms with Crippen LogP contribution in [0.2, 0.25) is 0 Å². The van der Waals surface area contributed by atoms with E-state index in [9.17, 15) is 37.0 Å². The SMILES string of the molecule is CC(C)(C)OC(=O)NCC(O)(c1cc(C(C)(C)O)c(F)c(-c2ccc(F)c(F)c2)n1)C(F)(F)F. The molecule has 0 fully saturated rings. The first kappa shape index (κ1) is 27.4. The van der Waals surface area contributed by atoms with Crippen molar-refractivity contribution in [1.29, 1.82) is 0 Å². The van der Waals surface area contributed by atoms with Crippen LogP contribution in [0, 0.1) is 17.5 Å². The van der Waals surface area contributed by atoms with Crippen LogP contribution in [0.5, 0.6) is 0 Å². The Bertz CT molecular complexity index is 1080. The zero-order valence-electron chi connectivity index (χ0n) is 18.9. The number of ether oxygens (including phenoxy) is 1. The lowest BCUT2D eigenvalue weighted by atomic mass is 9.90. The van der Waals surface area contributed by atoms with Gasteiger partial charge in [-0.15, -0.1) is 0 Å². The molecule has 188 valence electrons. The van der Waals surface area contributed by atoms with Gasteiger partial charge in [0.1, 0.15) is 11.3 Å². The Hall–Kier alpha value is -2.86. The highest BCUT2D eigenvalue weighted by molar-refractivity contribution is 5.68. The van der Waals surface area contributed by atoms with Gasteiger partial charge >= 0.3 is 12.3 Å². The van der Waals surface area contributed by atoms with E-state index in [2.05, 4.69) is 4.98 Å². The molecular weight excluding hydrogens is 470 g/mol. The van der Waals surface area contributed by atoms with E-state index in [1.165, 1.54) is 20.8 Å². The summed E-state index contributed by atoms with van der Waals surface area (Å²) < 4.78 is 89.1. The average molecular weight is 494 g/mol. The molecule has 0 spiro atoms. The van der Waals surface area contributed by atoms with Gasteiger partial charge in [0.25, 0.3) is 0 Å². The molecule has 1 aromatic heterocycles. The molecule has 3 N–H and O–H groups in total. The fourth-order valence-electron chi connectivity index (χ4n) is 2.87. The van der Waals surface area contributed by atoms with Crippen molar-refractivity contribution in [2.75, 3.05) is 6.54 Å². The molecule has 0 aliphatic heterocycles. The highest BCUT2D eigenvalue weighted by Gasteiger charge is 2.57. The van der Waals surface area contributed by atoms with Crippen molar-refractivity contribution in [1.82, 2.24) is 10.3 Å². The Morgan fingerprint density at radius 1 is 1.00 bits per heavy atom. The van der Waals surface area contributed by atoms with Crippen LogP contribution in [0.25, 0.3) is 11.3 Å². The summed E-state index contributed by atoms with van der Waals surface area (Å²) in [5.74, 6) is -4.03. The lowest BCUT2D eigenvalue weighted by molar-refractivity contribution is -0.265. The second-order valence-corrected chi connectivity index (χ2v) is 9.12. The summed E-state index contributed by atoms with van der Waals surface area (Å²) in [4.78, 5) is 15.4. The number of nitrogens with zero attached hydrogens (tertiary/aromatic N) is 1. The van der Waals surface area contributed by atoms with Crippen LogP contribution < -0.4 is 5.32 Å². The Labute approximate surface area is 191 Å². The number of rotatable bonds is 5. The molecule has 0 radical (unpaired) electrons. The molecule has 34 heavy (non-hydrogen) atoms. The molecule has 1 amide bonds. The minimum Gasteiger partial charge on any atom is -0.444 e. The van der Waals surface area contributed by atoms with Gasteiger partial charge in [-0.3, -0.25) is 0 Å². The molecule has 1 unspecified atom stereocenters. The maximum absolute atomic E-state index is 15.2. The number of benzene rings is 1. The van der Waals surface area contributed by atoms with Gasteiger partial charge < -0.3 is 20.3 Å². The second-order valence-electron chi connectivity index (χ2n) is 9.12. The number of hydrogen-bond donors (Lipinski definition) is 3. The number of amides is 1. The Balaban J connectivity index is 2.71. The number of carbonyl (C=O) groups excluding carboxylic acids is 1. The van der Waals surface area contributed by atoms with Crippen LogP contribution in [-0.4, -0.2) is 39.6 Å². The highest BCUT2D eigenvalue weighted by atomic mass is 19.4. The zero-order valence-corrected chi connectivity index (χ0v) is 18.9. The number of aliphatic hydroxyl groups is 2. The van der Waals surface area contributed by atoms with Crippen molar-refractivity contribution in [3.8, 4) is 11.3 Å². The maximum Gasteiger partial charge on any atom is 0.424 e. The Morgan fingerprint density at radius 3 is 2.06 bits per heavy atom. The predicted molar refractivity (Wildman–Crippen MR) is 109 cm³/mol. The van der Waals surface area contributed by atoms with Gasteiger partial charge in [-0.1, -0.05) is 0 Å². The first-order valence-corrected chi connectivity index (χ1v) is 9.91. The predicted octanol–water partition coefficient (Wildman–Crippen LogP) is 4.67. The van der Waals surface area contributed by atoms with Gasteiger partial charge in [0.05, 0.1) is 17.8 Å². The summed E-state index contributed by atoms with van der Waals surface area (Å²) in [5.41, 5.74) is -10.2. The topological polar surface area (TPSA) is 91.7 Å². The van der Waals surface area contributed by atoms with E-state index in [1.807, 2.05) is 0 Å². The number of carbonyl (C=O) groups is 1. The summed E-state index contributed by atoms with van der Waals surface area (Å²) in [6.45, 7) is 5.05. The molecule has 0 aliphatic rings. The largest absolute Gasteiger partial charge is 0.444 e. The van der Waals surface area contributed by atoms with Crippen molar-refractivity contribution in [2.24, 2.45) is 0 Å². The number of halogens is 6. The van der Waals surface area contributed by atoms with Crippen molar-refractivity contribution in [2.45, 2.75) is 57.6 Å². The molecule has 6 nitrogen and oxygen atoms in total. The molecule has 2 aromatic rings. The van der Waals surface area contributed by atoms with E-state index in [1.54, 1.807) is 5.32 Å². The maximum atomic E-state index is 15.2. The van der Waals surface area contributed by atoms with Gasteiger partial charge in [-0.05, 0) is 58.9 Å². The van der Waals surface area contributed by atoms with E-state index in [0.717, 1.165) is 19.9 Å². The summed E-state index contributed by atoms with van der Waals surface area (Å²) in [5, 5.41) is 22.7. The van der Waals surface area contributed by atoms with E-state index in [4.69, 9.17) is 4.74 Å². The average Bonchev–Trinajstić information content (AvgIpc) is 2.65. The number of alkyl halides is 3. The van der Waals surface area contributed by atoms with Crippen molar-refractivity contribution in [3.63, 3.8) is 0 Å². The van der Waals surface area contributed by atoms with Crippen LogP contribution in [0.4, 0.5) is 31.1 Å². The molecule has 0 saturated heterocycles. The molecule has 1 heterocycles. The van der Waals surface area contributed by atoms with E-state index < -0.39 is 75.6 Å². The lowest BCUT2D eigenvalue weighted by Gasteiger charge is -2.32. The monoisotopic (exact) mass is 494 g/mol. The van der Waals surface area contributed by atoms with E-state index in [-0.39, 0.29) is 0 Å². The van der Waals surface area contributed by atoms with Crippen LogP contribution in [0.1, 0.15) is 45.9 Å². The first-order valence-electron chi connectivity index (χ1n) is 9.91. The second kappa shape index (κ2) is 9.06. The quantitative estimate of drug-likeness (QED) is 0.526. The standard InChI is InChI=1S/C22H24F6N2O4/c1-19(2,3)34-18(31)29-10-21(33,22(26,27)28)15-9-12(20(4,5)32)16(25)17(30-15)11-6-7-13(23)14(24)8-11/h6-9,32-33H,10H2,1-5H3,(H,29,31). The highest BCUT2D eigenvalue weighted by Crippen LogP contribution is 2.41. The lowest BCUT2D eigenvalue weighted by Crippen LogP contribution is -2.52. The summed E-state index contributed by atoms with van der Waals surface area (Å²) in [6.07, 6.45) is -6.73. The van der Waals surface area contributed by atoms with Gasteiger partial charge in [0.15, 0.2) is 17.5 Å². The van der Waals surface area contributed by atoms with Gasteiger partial charge in [-0.2, -0.15) is 13.2 Å². The van der Waals surface area contributed by atoms with Crippen molar-refractivity contribution in [3.05, 3.63) is 53.0 Å². The van der Waals surface area contributed by atoms with Crippen molar-refractivity contribution < 1.29 is 46.1 Å². The third-order valence-corrected chi connectivity index (χ3v) is 4.59. The summed E-state index contributed by atoms with van der Waals surface area (Å²) >= 11 is 0. The fraction of sp³-hybridized carbons (Fsp3) is 0.455. The van der Waals surface area contributed by atoms with Crippen LogP contribution in [0.3, 0.4) is 0 Å². The minimum atomic E-state index is -5.45. The van der Waals surface area contributed by atoms with Crippen LogP contribution >= 0.6 is 0 Å². The molecule has 0 aliphatic carbocycles.